The molecule has 0 saturated carbocycles. The molecule has 1 aromatic rings. The van der Waals surface area contributed by atoms with Crippen LogP contribution in [0.2, 0.25) is 0 Å². The number of carbonyl (C=O) groups is 2. The van der Waals surface area contributed by atoms with Gasteiger partial charge in [-0.05, 0) is 19.4 Å². The van der Waals surface area contributed by atoms with E-state index >= 15 is 0 Å². The van der Waals surface area contributed by atoms with Crippen molar-refractivity contribution in [1.82, 2.24) is 15.1 Å². The summed E-state index contributed by atoms with van der Waals surface area (Å²) >= 11 is 0. The molecule has 0 unspecified atom stereocenters. The maximum atomic E-state index is 12.0. The Hall–Kier alpha value is -2.08. The first-order valence-electron chi connectivity index (χ1n) is 8.32. The second-order valence-corrected chi connectivity index (χ2v) is 6.85. The first-order chi connectivity index (χ1) is 11.4. The van der Waals surface area contributed by atoms with Crippen molar-refractivity contribution in [3.63, 3.8) is 0 Å². The number of piperazine rings is 1. The van der Waals surface area contributed by atoms with Crippen molar-refractivity contribution >= 4 is 12.0 Å². The lowest BCUT2D eigenvalue weighted by Gasteiger charge is -2.38. The zero-order chi connectivity index (χ0) is 17.6. The van der Waals surface area contributed by atoms with Gasteiger partial charge in [-0.25, -0.2) is 4.79 Å². The van der Waals surface area contributed by atoms with E-state index in [1.54, 1.807) is 6.92 Å². The summed E-state index contributed by atoms with van der Waals surface area (Å²) in [7, 11) is 0. The van der Waals surface area contributed by atoms with Crippen LogP contribution in [0.3, 0.4) is 0 Å². The number of hydrogen-bond donors (Lipinski definition) is 1. The summed E-state index contributed by atoms with van der Waals surface area (Å²) in [5.41, 5.74) is 0.567. The molecule has 1 aliphatic heterocycles. The first-order valence-corrected chi connectivity index (χ1v) is 8.32. The van der Waals surface area contributed by atoms with Crippen LogP contribution in [0.15, 0.2) is 30.3 Å². The molecule has 0 atom stereocenters. The molecular weight excluding hydrogens is 306 g/mol. The van der Waals surface area contributed by atoms with Crippen molar-refractivity contribution in [3.05, 3.63) is 35.9 Å². The molecule has 132 valence electrons. The molecule has 0 spiro atoms. The van der Waals surface area contributed by atoms with Gasteiger partial charge in [-0.1, -0.05) is 30.3 Å². The van der Waals surface area contributed by atoms with Gasteiger partial charge >= 0.3 is 6.09 Å². The van der Waals surface area contributed by atoms with Crippen molar-refractivity contribution in [2.75, 3.05) is 32.7 Å². The van der Waals surface area contributed by atoms with E-state index in [1.165, 1.54) is 0 Å². The number of rotatable bonds is 5. The molecule has 0 bridgehead atoms. The van der Waals surface area contributed by atoms with Gasteiger partial charge in [-0.15, -0.1) is 0 Å². The van der Waals surface area contributed by atoms with Crippen LogP contribution in [0, 0.1) is 0 Å². The van der Waals surface area contributed by atoms with Crippen molar-refractivity contribution in [2.24, 2.45) is 0 Å². The molecule has 0 aliphatic carbocycles. The lowest BCUT2D eigenvalue weighted by molar-refractivity contribution is -0.130. The fourth-order valence-corrected chi connectivity index (χ4v) is 2.85. The van der Waals surface area contributed by atoms with E-state index in [-0.39, 0.29) is 12.5 Å². The third-order valence-electron chi connectivity index (χ3n) is 4.09. The summed E-state index contributed by atoms with van der Waals surface area (Å²) in [4.78, 5) is 27.5. The van der Waals surface area contributed by atoms with Crippen molar-refractivity contribution in [3.8, 4) is 0 Å². The number of benzene rings is 1. The van der Waals surface area contributed by atoms with Crippen LogP contribution in [0.5, 0.6) is 0 Å². The molecule has 1 saturated heterocycles. The topological polar surface area (TPSA) is 61.9 Å². The zero-order valence-corrected chi connectivity index (χ0v) is 14.7. The van der Waals surface area contributed by atoms with E-state index in [1.807, 2.05) is 49.1 Å². The average molecular weight is 333 g/mol. The smallest absolute Gasteiger partial charge is 0.407 e. The third-order valence-corrected chi connectivity index (χ3v) is 4.09. The Kier molecular flexibility index (Phi) is 6.20. The predicted octanol–water partition coefficient (Wildman–Crippen LogP) is 1.86. The molecule has 1 N–H and O–H groups in total. The SMILES string of the molecule is CC(=O)N1CCN(CC(C)(C)NC(=O)OCc2ccccc2)CC1. The van der Waals surface area contributed by atoms with Crippen molar-refractivity contribution < 1.29 is 14.3 Å². The molecule has 0 aromatic heterocycles. The number of carbonyl (C=O) groups excluding carboxylic acids is 2. The molecule has 1 fully saturated rings. The zero-order valence-electron chi connectivity index (χ0n) is 14.7. The number of amides is 2. The molecule has 6 heteroatoms. The van der Waals surface area contributed by atoms with Crippen molar-refractivity contribution in [1.29, 1.82) is 0 Å². The third kappa shape index (κ3) is 5.85. The van der Waals surface area contributed by atoms with E-state index in [0.717, 1.165) is 38.3 Å². The van der Waals surface area contributed by atoms with Gasteiger partial charge in [-0.2, -0.15) is 0 Å². The Balaban J connectivity index is 1.74. The minimum Gasteiger partial charge on any atom is -0.445 e. The quantitative estimate of drug-likeness (QED) is 0.893. The normalized spacial score (nSPS) is 15.9. The lowest BCUT2D eigenvalue weighted by atomic mass is 10.0. The lowest BCUT2D eigenvalue weighted by Crippen LogP contribution is -2.56. The van der Waals surface area contributed by atoms with Gasteiger partial charge in [0.15, 0.2) is 0 Å². The minimum atomic E-state index is -0.411. The summed E-state index contributed by atoms with van der Waals surface area (Å²) in [5, 5.41) is 2.92. The summed E-state index contributed by atoms with van der Waals surface area (Å²) in [6.07, 6.45) is -0.411. The summed E-state index contributed by atoms with van der Waals surface area (Å²) in [6.45, 7) is 9.67. The highest BCUT2D eigenvalue weighted by molar-refractivity contribution is 5.73. The minimum absolute atomic E-state index is 0.122. The predicted molar refractivity (Wildman–Crippen MR) is 92.5 cm³/mol. The molecular formula is C18H27N3O3. The molecule has 1 heterocycles. The molecule has 6 nitrogen and oxygen atoms in total. The average Bonchev–Trinajstić information content (AvgIpc) is 2.53. The van der Waals surface area contributed by atoms with E-state index in [2.05, 4.69) is 10.2 Å². The molecule has 1 aliphatic rings. The monoisotopic (exact) mass is 333 g/mol. The van der Waals surface area contributed by atoms with Crippen LogP contribution in [-0.2, 0) is 16.1 Å². The second-order valence-electron chi connectivity index (χ2n) is 6.85. The van der Waals surface area contributed by atoms with Crippen LogP contribution in [0.4, 0.5) is 4.79 Å². The number of nitrogens with zero attached hydrogens (tertiary/aromatic N) is 2. The summed E-state index contributed by atoms with van der Waals surface area (Å²) < 4.78 is 5.28. The van der Waals surface area contributed by atoms with Gasteiger partial charge in [-0.3, -0.25) is 9.69 Å². The molecule has 0 radical (unpaired) electrons. The summed E-state index contributed by atoms with van der Waals surface area (Å²) in [5.74, 6) is 0.122. The Morgan fingerprint density at radius 3 is 2.33 bits per heavy atom. The largest absolute Gasteiger partial charge is 0.445 e. The maximum absolute atomic E-state index is 12.0. The van der Waals surface area contributed by atoms with Gasteiger partial charge in [0, 0.05) is 39.6 Å². The van der Waals surface area contributed by atoms with Gasteiger partial charge in [0.2, 0.25) is 5.91 Å². The maximum Gasteiger partial charge on any atom is 0.407 e. The Bertz CT molecular complexity index is 552. The van der Waals surface area contributed by atoms with E-state index < -0.39 is 11.6 Å². The number of hydrogen-bond acceptors (Lipinski definition) is 4. The Morgan fingerprint density at radius 1 is 1.12 bits per heavy atom. The van der Waals surface area contributed by atoms with Crippen LogP contribution >= 0.6 is 0 Å². The highest BCUT2D eigenvalue weighted by Crippen LogP contribution is 2.10. The van der Waals surface area contributed by atoms with Crippen LogP contribution in [0.1, 0.15) is 26.3 Å². The highest BCUT2D eigenvalue weighted by Gasteiger charge is 2.27. The number of nitrogens with one attached hydrogen (secondary N) is 1. The number of ether oxygens (including phenoxy) is 1. The van der Waals surface area contributed by atoms with Gasteiger partial charge in [0.25, 0.3) is 0 Å². The molecule has 1 aromatic carbocycles. The van der Waals surface area contributed by atoms with Gasteiger partial charge < -0.3 is 15.0 Å². The van der Waals surface area contributed by atoms with Crippen LogP contribution in [0.25, 0.3) is 0 Å². The molecule has 2 rings (SSSR count). The van der Waals surface area contributed by atoms with Gasteiger partial charge in [0.1, 0.15) is 6.61 Å². The Morgan fingerprint density at radius 2 is 1.75 bits per heavy atom. The first kappa shape index (κ1) is 18.3. The number of alkyl carbamates (subject to hydrolysis) is 1. The molecule has 24 heavy (non-hydrogen) atoms. The van der Waals surface area contributed by atoms with E-state index in [4.69, 9.17) is 4.74 Å². The van der Waals surface area contributed by atoms with E-state index in [9.17, 15) is 9.59 Å². The standard InChI is InChI=1S/C18H27N3O3/c1-15(22)21-11-9-20(10-12-21)14-18(2,3)19-17(23)24-13-16-7-5-4-6-8-16/h4-8H,9-14H2,1-3H3,(H,19,23). The van der Waals surface area contributed by atoms with Crippen LogP contribution in [-0.4, -0.2) is 60.1 Å². The van der Waals surface area contributed by atoms with E-state index in [0.29, 0.717) is 0 Å². The fourth-order valence-electron chi connectivity index (χ4n) is 2.85. The fraction of sp³-hybridized carbons (Fsp3) is 0.556. The second kappa shape index (κ2) is 8.15. The summed E-state index contributed by atoms with van der Waals surface area (Å²) in [6, 6.07) is 9.61. The Labute approximate surface area is 143 Å². The highest BCUT2D eigenvalue weighted by atomic mass is 16.5. The van der Waals surface area contributed by atoms with Crippen molar-refractivity contribution in [2.45, 2.75) is 32.9 Å². The van der Waals surface area contributed by atoms with Gasteiger partial charge in [0.05, 0.1) is 5.54 Å². The van der Waals surface area contributed by atoms with Crippen LogP contribution < -0.4 is 5.32 Å². The molecule has 2 amide bonds.